The number of ether oxygens (including phenoxy) is 1. The van der Waals surface area contributed by atoms with Crippen LogP contribution in [0.25, 0.3) is 21.9 Å². The van der Waals surface area contributed by atoms with E-state index in [4.69, 9.17) is 4.74 Å². The van der Waals surface area contributed by atoms with Gasteiger partial charge >= 0.3 is 5.97 Å². The molecule has 0 amide bonds. The Bertz CT molecular complexity index is 865. The summed E-state index contributed by atoms with van der Waals surface area (Å²) in [6.07, 6.45) is 3.62. The van der Waals surface area contributed by atoms with E-state index in [1.54, 1.807) is 12.4 Å². The number of nitrogens with zero attached hydrogens (tertiary/aromatic N) is 2. The first-order valence-corrected chi connectivity index (χ1v) is 7.75. The number of halogens is 1. The molecule has 0 atom stereocenters. The van der Waals surface area contributed by atoms with Gasteiger partial charge in [0.2, 0.25) is 0 Å². The molecule has 0 saturated carbocycles. The molecular formula is C16H16BrN3O2. The smallest absolute Gasteiger partial charge is 0.312 e. The van der Waals surface area contributed by atoms with Gasteiger partial charge in [-0.05, 0) is 48.8 Å². The molecule has 22 heavy (non-hydrogen) atoms. The highest BCUT2D eigenvalue weighted by Crippen LogP contribution is 2.26. The maximum absolute atomic E-state index is 11.9. The average Bonchev–Trinajstić information content (AvgIpc) is 2.74. The Morgan fingerprint density at radius 2 is 2.00 bits per heavy atom. The Kier molecular flexibility index (Phi) is 3.64. The Morgan fingerprint density at radius 3 is 2.73 bits per heavy atom. The predicted molar refractivity (Wildman–Crippen MR) is 88.6 cm³/mol. The summed E-state index contributed by atoms with van der Waals surface area (Å²) in [7, 11) is 0. The summed E-state index contributed by atoms with van der Waals surface area (Å²) in [5.41, 5.74) is 1.89. The molecule has 3 rings (SSSR count). The highest BCUT2D eigenvalue weighted by Gasteiger charge is 2.17. The van der Waals surface area contributed by atoms with E-state index < -0.39 is 5.60 Å². The fourth-order valence-electron chi connectivity index (χ4n) is 2.31. The van der Waals surface area contributed by atoms with E-state index in [1.165, 1.54) is 0 Å². The summed E-state index contributed by atoms with van der Waals surface area (Å²) >= 11 is 3.43. The van der Waals surface area contributed by atoms with E-state index in [2.05, 4.69) is 30.9 Å². The Balaban J connectivity index is 1.97. The average molecular weight is 362 g/mol. The van der Waals surface area contributed by atoms with Crippen molar-refractivity contribution in [2.45, 2.75) is 32.8 Å². The highest BCUT2D eigenvalue weighted by atomic mass is 79.9. The van der Waals surface area contributed by atoms with Crippen LogP contribution in [0.15, 0.2) is 29.0 Å². The molecule has 0 fully saturated rings. The summed E-state index contributed by atoms with van der Waals surface area (Å²) < 4.78 is 6.24. The van der Waals surface area contributed by atoms with E-state index in [0.717, 1.165) is 26.4 Å². The van der Waals surface area contributed by atoms with Crippen LogP contribution in [-0.4, -0.2) is 26.5 Å². The summed E-state index contributed by atoms with van der Waals surface area (Å²) in [5.74, 6) is -0.279. The van der Waals surface area contributed by atoms with Gasteiger partial charge < -0.3 is 9.72 Å². The van der Waals surface area contributed by atoms with E-state index in [0.29, 0.717) is 5.69 Å². The van der Waals surface area contributed by atoms with Crippen LogP contribution in [0.1, 0.15) is 26.5 Å². The quantitative estimate of drug-likeness (QED) is 0.705. The maximum Gasteiger partial charge on any atom is 0.312 e. The Labute approximate surface area is 136 Å². The zero-order valence-electron chi connectivity index (χ0n) is 12.6. The van der Waals surface area contributed by atoms with Crippen molar-refractivity contribution in [2.75, 3.05) is 0 Å². The van der Waals surface area contributed by atoms with Crippen molar-refractivity contribution in [1.29, 1.82) is 0 Å². The lowest BCUT2D eigenvalue weighted by Gasteiger charge is -2.19. The van der Waals surface area contributed by atoms with Gasteiger partial charge in [0.1, 0.15) is 11.2 Å². The van der Waals surface area contributed by atoms with Crippen molar-refractivity contribution >= 4 is 43.8 Å². The second-order valence-corrected chi connectivity index (χ2v) is 7.07. The number of carbonyl (C=O) groups is 1. The van der Waals surface area contributed by atoms with E-state index in [-0.39, 0.29) is 12.4 Å². The van der Waals surface area contributed by atoms with Crippen molar-refractivity contribution in [3.8, 4) is 0 Å². The lowest BCUT2D eigenvalue weighted by Crippen LogP contribution is -2.25. The van der Waals surface area contributed by atoms with Crippen molar-refractivity contribution in [1.82, 2.24) is 15.0 Å². The summed E-state index contributed by atoms with van der Waals surface area (Å²) in [6.45, 7) is 5.55. The number of aromatic amines is 1. The number of rotatable bonds is 2. The van der Waals surface area contributed by atoms with E-state index >= 15 is 0 Å². The lowest BCUT2D eigenvalue weighted by molar-refractivity contribution is -0.153. The number of nitrogens with one attached hydrogen (secondary N) is 1. The SMILES string of the molecule is CC(C)(C)OC(=O)Cc1cc2c(cn1)[nH]c1ncc(Br)cc12. The van der Waals surface area contributed by atoms with Gasteiger partial charge in [0.05, 0.1) is 23.8 Å². The predicted octanol–water partition coefficient (Wildman–Crippen LogP) is 3.76. The number of hydrogen-bond donors (Lipinski definition) is 1. The first-order chi connectivity index (χ1) is 10.3. The molecule has 3 aromatic rings. The fourth-order valence-corrected chi connectivity index (χ4v) is 2.65. The lowest BCUT2D eigenvalue weighted by atomic mass is 10.1. The van der Waals surface area contributed by atoms with Crippen molar-refractivity contribution < 1.29 is 9.53 Å². The van der Waals surface area contributed by atoms with Crippen LogP contribution >= 0.6 is 15.9 Å². The molecule has 6 heteroatoms. The van der Waals surface area contributed by atoms with Crippen LogP contribution in [0.4, 0.5) is 0 Å². The zero-order valence-corrected chi connectivity index (χ0v) is 14.2. The number of carbonyl (C=O) groups excluding carboxylic acids is 1. The molecule has 114 valence electrons. The third-order valence-corrected chi connectivity index (χ3v) is 3.54. The minimum atomic E-state index is -0.489. The number of hydrogen-bond acceptors (Lipinski definition) is 4. The molecule has 1 N–H and O–H groups in total. The molecule has 0 aliphatic heterocycles. The minimum absolute atomic E-state index is 0.154. The second-order valence-electron chi connectivity index (χ2n) is 6.16. The number of esters is 1. The van der Waals surface area contributed by atoms with Crippen molar-refractivity contribution in [3.63, 3.8) is 0 Å². The van der Waals surface area contributed by atoms with Crippen LogP contribution in [0.2, 0.25) is 0 Å². The second kappa shape index (κ2) is 5.35. The third-order valence-electron chi connectivity index (χ3n) is 3.10. The van der Waals surface area contributed by atoms with Crippen LogP contribution in [0.5, 0.6) is 0 Å². The standard InChI is InChI=1S/C16H16BrN3O2/c1-16(2,3)22-14(21)6-10-5-11-12-4-9(17)7-19-15(12)20-13(11)8-18-10/h4-5,7-8H,6H2,1-3H3,(H,19,20). The Hall–Kier alpha value is -1.95. The molecule has 5 nitrogen and oxygen atoms in total. The van der Waals surface area contributed by atoms with Gasteiger partial charge in [0, 0.05) is 21.4 Å². The molecule has 0 spiro atoms. The van der Waals surface area contributed by atoms with Gasteiger partial charge in [-0.3, -0.25) is 9.78 Å². The number of fused-ring (bicyclic) bond motifs is 3. The number of aromatic nitrogens is 3. The van der Waals surface area contributed by atoms with Crippen LogP contribution < -0.4 is 0 Å². The number of H-pyrrole nitrogens is 1. The summed E-state index contributed by atoms with van der Waals surface area (Å²) in [4.78, 5) is 23.8. The third kappa shape index (κ3) is 3.11. The van der Waals surface area contributed by atoms with Gasteiger partial charge in [-0.25, -0.2) is 4.98 Å². The molecule has 0 unspecified atom stereocenters. The van der Waals surface area contributed by atoms with Crippen LogP contribution in [0, 0.1) is 0 Å². The fraction of sp³-hybridized carbons (Fsp3) is 0.312. The minimum Gasteiger partial charge on any atom is -0.460 e. The van der Waals surface area contributed by atoms with Crippen LogP contribution in [-0.2, 0) is 16.0 Å². The van der Waals surface area contributed by atoms with E-state index in [1.807, 2.05) is 32.9 Å². The molecular weight excluding hydrogens is 346 g/mol. The number of pyridine rings is 2. The van der Waals surface area contributed by atoms with Gasteiger partial charge in [0.25, 0.3) is 0 Å². The molecule has 3 aromatic heterocycles. The van der Waals surface area contributed by atoms with Crippen molar-refractivity contribution in [2.24, 2.45) is 0 Å². The topological polar surface area (TPSA) is 67.9 Å². The van der Waals surface area contributed by atoms with Crippen LogP contribution in [0.3, 0.4) is 0 Å². The van der Waals surface area contributed by atoms with Crippen molar-refractivity contribution in [3.05, 3.63) is 34.7 Å². The molecule has 0 saturated heterocycles. The highest BCUT2D eigenvalue weighted by molar-refractivity contribution is 9.10. The first kappa shape index (κ1) is 15.0. The van der Waals surface area contributed by atoms with Gasteiger partial charge in [0.15, 0.2) is 0 Å². The molecule has 0 aliphatic rings. The normalized spacial score (nSPS) is 12.0. The largest absolute Gasteiger partial charge is 0.460 e. The zero-order chi connectivity index (χ0) is 15.9. The molecule has 0 aromatic carbocycles. The maximum atomic E-state index is 11.9. The molecule has 0 aliphatic carbocycles. The van der Waals surface area contributed by atoms with Gasteiger partial charge in [-0.1, -0.05) is 0 Å². The molecule has 0 bridgehead atoms. The van der Waals surface area contributed by atoms with E-state index in [9.17, 15) is 4.79 Å². The Morgan fingerprint density at radius 1 is 1.23 bits per heavy atom. The summed E-state index contributed by atoms with van der Waals surface area (Å²) in [5, 5.41) is 1.99. The first-order valence-electron chi connectivity index (χ1n) is 6.95. The van der Waals surface area contributed by atoms with Gasteiger partial charge in [-0.15, -0.1) is 0 Å². The monoisotopic (exact) mass is 361 g/mol. The van der Waals surface area contributed by atoms with Gasteiger partial charge in [-0.2, -0.15) is 0 Å². The molecule has 3 heterocycles. The summed E-state index contributed by atoms with van der Waals surface area (Å²) in [6, 6.07) is 3.91. The molecule has 0 radical (unpaired) electrons.